The molecular weight excluding hydrogens is 208 g/mol. The Hall–Kier alpha value is -0.905. The lowest BCUT2D eigenvalue weighted by molar-refractivity contribution is 0.291. The second kappa shape index (κ2) is 5.99. The van der Waals surface area contributed by atoms with Gasteiger partial charge in [-0.25, -0.2) is 4.39 Å². The van der Waals surface area contributed by atoms with Gasteiger partial charge in [-0.3, -0.25) is 4.90 Å². The fourth-order valence-corrected chi connectivity index (χ4v) is 1.54. The monoisotopic (exact) mass is 225 g/mol. The molecule has 1 aromatic rings. The molecule has 0 amide bonds. The third kappa shape index (κ3) is 3.30. The molecule has 5 heteroatoms. The Labute approximate surface area is 95.7 Å². The summed E-state index contributed by atoms with van der Waals surface area (Å²) in [5.41, 5.74) is 0.758. The summed E-state index contributed by atoms with van der Waals surface area (Å²) >= 11 is 0. The molecule has 0 aliphatic carbocycles. The van der Waals surface area contributed by atoms with Crippen LogP contribution in [0.1, 0.15) is 19.4 Å². The minimum absolute atomic E-state index is 0.181. The van der Waals surface area contributed by atoms with Gasteiger partial charge in [-0.15, -0.1) is 0 Å². The molecule has 0 aromatic heterocycles. The van der Waals surface area contributed by atoms with Crippen molar-refractivity contribution in [2.45, 2.75) is 20.4 Å². The summed E-state index contributed by atoms with van der Waals surface area (Å²) < 4.78 is 13.6. The van der Waals surface area contributed by atoms with E-state index in [2.05, 4.69) is 4.90 Å². The van der Waals surface area contributed by atoms with Gasteiger partial charge in [0.05, 0.1) is 0 Å². The van der Waals surface area contributed by atoms with E-state index in [0.29, 0.717) is 12.1 Å². The lowest BCUT2D eigenvalue weighted by Gasteiger charge is -2.18. The zero-order valence-electron chi connectivity index (χ0n) is 9.65. The topological polar surface area (TPSA) is 43.7 Å². The molecule has 0 unspecified atom stereocenters. The van der Waals surface area contributed by atoms with Crippen LogP contribution in [0.15, 0.2) is 18.2 Å². The third-order valence-corrected chi connectivity index (χ3v) is 2.66. The molecule has 0 saturated carbocycles. The molecule has 0 heterocycles. The van der Waals surface area contributed by atoms with Crippen LogP contribution in [-0.4, -0.2) is 35.2 Å². The van der Waals surface area contributed by atoms with Crippen molar-refractivity contribution in [1.82, 2.24) is 4.90 Å². The van der Waals surface area contributed by atoms with Crippen LogP contribution >= 0.6 is 0 Å². The highest BCUT2D eigenvalue weighted by Gasteiger charge is 2.14. The Balaban J connectivity index is 2.82. The molecular formula is C11H17BFNO2. The van der Waals surface area contributed by atoms with Crippen LogP contribution in [0.5, 0.6) is 0 Å². The summed E-state index contributed by atoms with van der Waals surface area (Å²) in [6, 6.07) is 4.30. The first-order chi connectivity index (χ1) is 7.58. The quantitative estimate of drug-likeness (QED) is 0.710. The number of benzene rings is 1. The highest BCUT2D eigenvalue weighted by Crippen LogP contribution is 2.08. The van der Waals surface area contributed by atoms with Crippen LogP contribution in [0.25, 0.3) is 0 Å². The molecule has 1 aromatic carbocycles. The van der Waals surface area contributed by atoms with Gasteiger partial charge in [0.15, 0.2) is 0 Å². The van der Waals surface area contributed by atoms with Crippen LogP contribution in [-0.2, 0) is 6.54 Å². The normalized spacial score (nSPS) is 10.9. The van der Waals surface area contributed by atoms with Gasteiger partial charge in [0.25, 0.3) is 0 Å². The first-order valence-electron chi connectivity index (χ1n) is 5.45. The minimum Gasteiger partial charge on any atom is -0.423 e. The molecule has 0 bridgehead atoms. The molecule has 16 heavy (non-hydrogen) atoms. The van der Waals surface area contributed by atoms with E-state index in [-0.39, 0.29) is 5.46 Å². The van der Waals surface area contributed by atoms with Gasteiger partial charge >= 0.3 is 7.12 Å². The van der Waals surface area contributed by atoms with Gasteiger partial charge in [0.1, 0.15) is 5.82 Å². The predicted octanol–water partition coefficient (Wildman–Crippen LogP) is 0.347. The summed E-state index contributed by atoms with van der Waals surface area (Å²) in [5, 5.41) is 17.8. The standard InChI is InChI=1S/C11H17BFNO2/c1-3-14(4-2)8-9-5-6-10(12(15)16)7-11(9)13/h5-7,15-16H,3-4,8H2,1-2H3. The average Bonchev–Trinajstić information content (AvgIpc) is 2.27. The molecule has 0 saturated heterocycles. The van der Waals surface area contributed by atoms with Crippen molar-refractivity contribution >= 4 is 12.6 Å². The highest BCUT2D eigenvalue weighted by atomic mass is 19.1. The van der Waals surface area contributed by atoms with Crippen LogP contribution in [0.4, 0.5) is 4.39 Å². The minimum atomic E-state index is -1.61. The number of rotatable bonds is 5. The van der Waals surface area contributed by atoms with Crippen LogP contribution in [0.2, 0.25) is 0 Å². The molecule has 0 spiro atoms. The van der Waals surface area contributed by atoms with E-state index < -0.39 is 12.9 Å². The second-order valence-corrected chi connectivity index (χ2v) is 3.69. The fraction of sp³-hybridized carbons (Fsp3) is 0.455. The zero-order valence-corrected chi connectivity index (χ0v) is 9.65. The lowest BCUT2D eigenvalue weighted by atomic mass is 9.80. The van der Waals surface area contributed by atoms with Crippen molar-refractivity contribution in [2.75, 3.05) is 13.1 Å². The Morgan fingerprint density at radius 1 is 1.25 bits per heavy atom. The van der Waals surface area contributed by atoms with Crippen LogP contribution < -0.4 is 5.46 Å². The molecule has 3 nitrogen and oxygen atoms in total. The van der Waals surface area contributed by atoms with E-state index in [0.717, 1.165) is 13.1 Å². The summed E-state index contributed by atoms with van der Waals surface area (Å²) in [5.74, 6) is -0.391. The maximum atomic E-state index is 13.6. The molecule has 0 aliphatic rings. The van der Waals surface area contributed by atoms with E-state index in [9.17, 15) is 4.39 Å². The fourth-order valence-electron chi connectivity index (χ4n) is 1.54. The predicted molar refractivity (Wildman–Crippen MR) is 62.9 cm³/mol. The largest absolute Gasteiger partial charge is 0.488 e. The SMILES string of the molecule is CCN(CC)Cc1ccc(B(O)O)cc1F. The Morgan fingerprint density at radius 3 is 2.31 bits per heavy atom. The molecule has 0 radical (unpaired) electrons. The first-order valence-corrected chi connectivity index (χ1v) is 5.45. The van der Waals surface area contributed by atoms with Crippen LogP contribution in [0, 0.1) is 5.82 Å². The van der Waals surface area contributed by atoms with Gasteiger partial charge < -0.3 is 10.0 Å². The molecule has 2 N–H and O–H groups in total. The third-order valence-electron chi connectivity index (χ3n) is 2.66. The second-order valence-electron chi connectivity index (χ2n) is 3.69. The molecule has 0 atom stereocenters. The number of halogens is 1. The highest BCUT2D eigenvalue weighted by molar-refractivity contribution is 6.58. The van der Waals surface area contributed by atoms with Crippen molar-refractivity contribution in [1.29, 1.82) is 0 Å². The smallest absolute Gasteiger partial charge is 0.423 e. The van der Waals surface area contributed by atoms with Gasteiger partial charge in [-0.2, -0.15) is 0 Å². The lowest BCUT2D eigenvalue weighted by Crippen LogP contribution is -2.30. The maximum absolute atomic E-state index is 13.6. The molecule has 88 valence electrons. The van der Waals surface area contributed by atoms with E-state index in [1.807, 2.05) is 13.8 Å². The molecule has 0 aliphatic heterocycles. The Bertz CT molecular complexity index is 343. The van der Waals surface area contributed by atoms with E-state index in [4.69, 9.17) is 10.0 Å². The zero-order chi connectivity index (χ0) is 12.1. The Kier molecular flexibility index (Phi) is 4.92. The number of hydrogen-bond donors (Lipinski definition) is 2. The van der Waals surface area contributed by atoms with Gasteiger partial charge in [0, 0.05) is 12.1 Å². The van der Waals surface area contributed by atoms with Gasteiger partial charge in [-0.1, -0.05) is 26.0 Å². The summed E-state index contributed by atoms with van der Waals surface area (Å²) in [6.07, 6.45) is 0. The van der Waals surface area contributed by atoms with Crippen LogP contribution in [0.3, 0.4) is 0 Å². The van der Waals surface area contributed by atoms with Crippen molar-refractivity contribution in [3.05, 3.63) is 29.6 Å². The summed E-state index contributed by atoms with van der Waals surface area (Å²) in [6.45, 7) is 6.31. The number of nitrogens with zero attached hydrogens (tertiary/aromatic N) is 1. The molecule has 0 fully saturated rings. The van der Waals surface area contributed by atoms with E-state index >= 15 is 0 Å². The van der Waals surface area contributed by atoms with E-state index in [1.54, 1.807) is 6.07 Å². The van der Waals surface area contributed by atoms with Crippen molar-refractivity contribution < 1.29 is 14.4 Å². The molecule has 1 rings (SSSR count). The van der Waals surface area contributed by atoms with Crippen molar-refractivity contribution in [3.63, 3.8) is 0 Å². The van der Waals surface area contributed by atoms with Crippen molar-refractivity contribution in [3.8, 4) is 0 Å². The summed E-state index contributed by atoms with van der Waals surface area (Å²) in [7, 11) is -1.61. The van der Waals surface area contributed by atoms with Crippen molar-refractivity contribution in [2.24, 2.45) is 0 Å². The Morgan fingerprint density at radius 2 is 1.88 bits per heavy atom. The van der Waals surface area contributed by atoms with E-state index in [1.165, 1.54) is 12.1 Å². The average molecular weight is 225 g/mol. The number of hydrogen-bond acceptors (Lipinski definition) is 3. The maximum Gasteiger partial charge on any atom is 0.488 e. The summed E-state index contributed by atoms with van der Waals surface area (Å²) in [4.78, 5) is 2.09. The first kappa shape index (κ1) is 13.2. The van der Waals surface area contributed by atoms with Gasteiger partial charge in [-0.05, 0) is 24.6 Å². The van der Waals surface area contributed by atoms with Gasteiger partial charge in [0.2, 0.25) is 0 Å².